The van der Waals surface area contributed by atoms with E-state index in [1.165, 1.54) is 0 Å². The first-order valence-electron chi connectivity index (χ1n) is 3.39. The van der Waals surface area contributed by atoms with Crippen molar-refractivity contribution in [1.82, 2.24) is 9.78 Å². The molecule has 11 heavy (non-hydrogen) atoms. The van der Waals surface area contributed by atoms with Crippen molar-refractivity contribution < 1.29 is 0 Å². The van der Waals surface area contributed by atoms with Crippen molar-refractivity contribution in [2.75, 3.05) is 0 Å². The van der Waals surface area contributed by atoms with Crippen LogP contribution < -0.4 is 5.73 Å². The van der Waals surface area contributed by atoms with E-state index in [4.69, 9.17) is 11.0 Å². The fraction of sp³-hybridized carbons (Fsp3) is 0.429. The Balaban J connectivity index is 2.75. The number of rotatable bonds is 2. The Morgan fingerprint density at radius 2 is 2.64 bits per heavy atom. The summed E-state index contributed by atoms with van der Waals surface area (Å²) in [5.41, 5.74) is 6.55. The minimum Gasteiger partial charge on any atom is -0.324 e. The quantitative estimate of drug-likeness (QED) is 0.664. The predicted octanol–water partition coefficient (Wildman–Crippen LogP) is 0.426. The van der Waals surface area contributed by atoms with E-state index in [0.29, 0.717) is 0 Å². The molecule has 1 unspecified atom stereocenters. The molecular weight excluding hydrogens is 140 g/mol. The summed E-state index contributed by atoms with van der Waals surface area (Å²) in [6.45, 7) is 2.17. The summed E-state index contributed by atoms with van der Waals surface area (Å²) < 4.78 is 1.57. The van der Waals surface area contributed by atoms with Crippen molar-refractivity contribution in [2.24, 2.45) is 5.73 Å². The Hall–Kier alpha value is -1.34. The lowest BCUT2D eigenvalue weighted by Gasteiger charge is -1.97. The minimum absolute atomic E-state index is 0.0116. The van der Waals surface area contributed by atoms with Crippen molar-refractivity contribution in [3.63, 3.8) is 0 Å². The van der Waals surface area contributed by atoms with Gasteiger partial charge in [0, 0.05) is 17.8 Å². The first-order chi connectivity index (χ1) is 5.24. The first-order valence-corrected chi connectivity index (χ1v) is 3.39. The summed E-state index contributed by atoms with van der Waals surface area (Å²) in [5, 5.41) is 12.3. The molecule has 0 aliphatic heterocycles. The molecule has 0 bridgehead atoms. The standard InChI is InChI=1S/C7H10N4/c1-6(9)7-4-10-11(5-7)3-2-8/h4-6H,3,9H2,1H3. The van der Waals surface area contributed by atoms with Gasteiger partial charge < -0.3 is 5.73 Å². The highest BCUT2D eigenvalue weighted by Crippen LogP contribution is 2.06. The molecule has 1 aromatic heterocycles. The third-order valence-corrected chi connectivity index (χ3v) is 1.41. The number of hydrogen-bond donors (Lipinski definition) is 1. The van der Waals surface area contributed by atoms with Gasteiger partial charge in [0.05, 0.1) is 12.3 Å². The largest absolute Gasteiger partial charge is 0.324 e. The summed E-state index contributed by atoms with van der Waals surface area (Å²) >= 11 is 0. The molecule has 1 atom stereocenters. The molecule has 1 rings (SSSR count). The van der Waals surface area contributed by atoms with Gasteiger partial charge in [-0.2, -0.15) is 10.4 Å². The van der Waals surface area contributed by atoms with Crippen LogP contribution in [0.25, 0.3) is 0 Å². The van der Waals surface area contributed by atoms with E-state index in [1.54, 1.807) is 17.1 Å². The Kier molecular flexibility index (Phi) is 2.24. The van der Waals surface area contributed by atoms with E-state index in [-0.39, 0.29) is 12.6 Å². The second kappa shape index (κ2) is 3.17. The van der Waals surface area contributed by atoms with Crippen LogP contribution in [0.15, 0.2) is 12.4 Å². The zero-order chi connectivity index (χ0) is 8.27. The Bertz CT molecular complexity index is 268. The molecule has 4 nitrogen and oxygen atoms in total. The molecule has 1 heterocycles. The monoisotopic (exact) mass is 150 g/mol. The molecule has 0 amide bonds. The fourth-order valence-electron chi connectivity index (χ4n) is 0.774. The van der Waals surface area contributed by atoms with Crippen molar-refractivity contribution in [1.29, 1.82) is 5.26 Å². The normalized spacial score (nSPS) is 12.5. The average Bonchev–Trinajstić information content (AvgIpc) is 2.37. The van der Waals surface area contributed by atoms with Gasteiger partial charge in [0.2, 0.25) is 0 Å². The lowest BCUT2D eigenvalue weighted by molar-refractivity contribution is 0.707. The van der Waals surface area contributed by atoms with Gasteiger partial charge >= 0.3 is 0 Å². The lowest BCUT2D eigenvalue weighted by atomic mass is 10.2. The molecule has 0 aliphatic rings. The highest BCUT2D eigenvalue weighted by Gasteiger charge is 2.01. The van der Waals surface area contributed by atoms with Crippen LogP contribution in [0.2, 0.25) is 0 Å². The lowest BCUT2D eigenvalue weighted by Crippen LogP contribution is -2.03. The minimum atomic E-state index is -0.0116. The molecule has 58 valence electrons. The summed E-state index contributed by atoms with van der Waals surface area (Å²) in [6, 6.07) is 1.98. The molecule has 0 saturated carbocycles. The second-order valence-electron chi connectivity index (χ2n) is 2.42. The zero-order valence-electron chi connectivity index (χ0n) is 6.36. The molecule has 0 aliphatic carbocycles. The van der Waals surface area contributed by atoms with Crippen LogP contribution >= 0.6 is 0 Å². The molecule has 0 saturated heterocycles. The Morgan fingerprint density at radius 1 is 1.91 bits per heavy atom. The molecule has 1 aromatic rings. The Morgan fingerprint density at radius 3 is 3.09 bits per heavy atom. The first kappa shape index (κ1) is 7.76. The molecule has 0 radical (unpaired) electrons. The topological polar surface area (TPSA) is 67.6 Å². The summed E-state index contributed by atoms with van der Waals surface area (Å²) in [6.07, 6.45) is 3.47. The number of aromatic nitrogens is 2. The van der Waals surface area contributed by atoms with Crippen LogP contribution in [0, 0.1) is 11.3 Å². The molecule has 0 fully saturated rings. The number of nitrogens with two attached hydrogens (primary N) is 1. The number of hydrogen-bond acceptors (Lipinski definition) is 3. The maximum absolute atomic E-state index is 8.33. The van der Waals surface area contributed by atoms with Gasteiger partial charge in [0.1, 0.15) is 6.54 Å². The van der Waals surface area contributed by atoms with Crippen LogP contribution in [-0.4, -0.2) is 9.78 Å². The van der Waals surface area contributed by atoms with E-state index in [9.17, 15) is 0 Å². The van der Waals surface area contributed by atoms with Gasteiger partial charge in [-0.3, -0.25) is 4.68 Å². The molecule has 0 aromatic carbocycles. The highest BCUT2D eigenvalue weighted by atomic mass is 15.3. The van der Waals surface area contributed by atoms with Crippen LogP contribution in [0.1, 0.15) is 18.5 Å². The zero-order valence-corrected chi connectivity index (χ0v) is 6.36. The number of nitriles is 1. The van der Waals surface area contributed by atoms with Gasteiger partial charge in [0.25, 0.3) is 0 Å². The van der Waals surface area contributed by atoms with Crippen molar-refractivity contribution >= 4 is 0 Å². The smallest absolute Gasteiger partial charge is 0.128 e. The van der Waals surface area contributed by atoms with E-state index in [1.807, 2.05) is 13.0 Å². The predicted molar refractivity (Wildman–Crippen MR) is 40.4 cm³/mol. The van der Waals surface area contributed by atoms with E-state index in [2.05, 4.69) is 5.10 Å². The van der Waals surface area contributed by atoms with Gasteiger partial charge in [-0.25, -0.2) is 0 Å². The third kappa shape index (κ3) is 1.79. The molecule has 4 heteroatoms. The van der Waals surface area contributed by atoms with Crippen LogP contribution in [-0.2, 0) is 6.54 Å². The SMILES string of the molecule is CC(N)c1cnn(CC#N)c1. The summed E-state index contributed by atoms with van der Waals surface area (Å²) in [7, 11) is 0. The van der Waals surface area contributed by atoms with Crippen LogP contribution in [0.3, 0.4) is 0 Å². The van der Waals surface area contributed by atoms with E-state index < -0.39 is 0 Å². The van der Waals surface area contributed by atoms with Gasteiger partial charge in [-0.15, -0.1) is 0 Å². The maximum atomic E-state index is 8.33. The highest BCUT2D eigenvalue weighted by molar-refractivity contribution is 5.08. The molecular formula is C7H10N4. The van der Waals surface area contributed by atoms with Crippen molar-refractivity contribution in [3.05, 3.63) is 18.0 Å². The summed E-state index contributed by atoms with van der Waals surface area (Å²) in [4.78, 5) is 0. The summed E-state index contributed by atoms with van der Waals surface area (Å²) in [5.74, 6) is 0. The van der Waals surface area contributed by atoms with Gasteiger partial charge in [0.15, 0.2) is 0 Å². The van der Waals surface area contributed by atoms with Crippen molar-refractivity contribution in [2.45, 2.75) is 19.5 Å². The third-order valence-electron chi connectivity index (χ3n) is 1.41. The van der Waals surface area contributed by atoms with E-state index >= 15 is 0 Å². The maximum Gasteiger partial charge on any atom is 0.128 e. The van der Waals surface area contributed by atoms with Crippen molar-refractivity contribution in [3.8, 4) is 6.07 Å². The molecule has 0 spiro atoms. The fourth-order valence-corrected chi connectivity index (χ4v) is 0.774. The van der Waals surface area contributed by atoms with Gasteiger partial charge in [-0.1, -0.05) is 0 Å². The average molecular weight is 150 g/mol. The Labute approximate surface area is 65.2 Å². The van der Waals surface area contributed by atoms with Crippen LogP contribution in [0.4, 0.5) is 0 Å². The van der Waals surface area contributed by atoms with Gasteiger partial charge in [-0.05, 0) is 6.92 Å². The molecule has 2 N–H and O–H groups in total. The van der Waals surface area contributed by atoms with E-state index in [0.717, 1.165) is 5.56 Å². The number of nitrogens with zero attached hydrogens (tertiary/aromatic N) is 3. The van der Waals surface area contributed by atoms with Crippen LogP contribution in [0.5, 0.6) is 0 Å². The second-order valence-corrected chi connectivity index (χ2v) is 2.42.